The summed E-state index contributed by atoms with van der Waals surface area (Å²) in [5, 5.41) is 0. The van der Waals surface area contributed by atoms with Gasteiger partial charge in [-0.25, -0.2) is 0 Å². The van der Waals surface area contributed by atoms with E-state index in [2.05, 4.69) is 19.9 Å². The van der Waals surface area contributed by atoms with Crippen LogP contribution >= 0.6 is 0 Å². The highest BCUT2D eigenvalue weighted by molar-refractivity contribution is 5.26. The van der Waals surface area contributed by atoms with Gasteiger partial charge in [0.1, 0.15) is 0 Å². The third kappa shape index (κ3) is 2.00. The number of hydrogen-bond acceptors (Lipinski definition) is 2. The summed E-state index contributed by atoms with van der Waals surface area (Å²) in [7, 11) is 0. The lowest BCUT2D eigenvalue weighted by atomic mass is 9.48. The Kier molecular flexibility index (Phi) is 3.15. The van der Waals surface area contributed by atoms with Crippen molar-refractivity contribution in [2.45, 2.75) is 77.4 Å². The summed E-state index contributed by atoms with van der Waals surface area (Å²) in [6.45, 7) is 6.75. The first kappa shape index (κ1) is 15.0. The molecule has 0 bridgehead atoms. The zero-order valence-electron chi connectivity index (χ0n) is 14.9. The van der Waals surface area contributed by atoms with Crippen LogP contribution in [0.2, 0.25) is 0 Å². The zero-order valence-corrected chi connectivity index (χ0v) is 14.9. The Morgan fingerprint density at radius 2 is 1.78 bits per heavy atom. The lowest BCUT2D eigenvalue weighted by molar-refractivity contribution is -0.184. The van der Waals surface area contributed by atoms with Crippen LogP contribution in [0.1, 0.15) is 71.6 Å². The first-order valence-corrected chi connectivity index (χ1v) is 10.0. The predicted octanol–water partition coefficient (Wildman–Crippen LogP) is 5.08. The Bertz CT molecular complexity index is 532. The van der Waals surface area contributed by atoms with Crippen LogP contribution in [0, 0.1) is 28.6 Å². The van der Waals surface area contributed by atoms with Crippen LogP contribution in [0.15, 0.2) is 11.6 Å². The monoisotopic (exact) mass is 316 g/mol. The maximum atomic E-state index is 6.03. The quantitative estimate of drug-likeness (QED) is 0.580. The van der Waals surface area contributed by atoms with Gasteiger partial charge in [-0.2, -0.15) is 0 Å². The molecule has 3 saturated carbocycles. The van der Waals surface area contributed by atoms with Crippen LogP contribution in [0.5, 0.6) is 0 Å². The molecule has 5 rings (SSSR count). The fourth-order valence-corrected chi connectivity index (χ4v) is 7.34. The number of rotatable bonds is 0. The van der Waals surface area contributed by atoms with Crippen molar-refractivity contribution in [3.63, 3.8) is 0 Å². The summed E-state index contributed by atoms with van der Waals surface area (Å²) in [4.78, 5) is 0. The molecule has 1 aliphatic heterocycles. The molecule has 0 radical (unpaired) electrons. The second kappa shape index (κ2) is 4.85. The maximum absolute atomic E-state index is 6.03. The summed E-state index contributed by atoms with van der Waals surface area (Å²) in [6.07, 6.45) is 14.7. The van der Waals surface area contributed by atoms with Crippen molar-refractivity contribution in [2.75, 3.05) is 13.2 Å². The van der Waals surface area contributed by atoms with Gasteiger partial charge in [-0.3, -0.25) is 0 Å². The van der Waals surface area contributed by atoms with E-state index in [0.717, 1.165) is 43.8 Å². The topological polar surface area (TPSA) is 18.5 Å². The van der Waals surface area contributed by atoms with E-state index in [9.17, 15) is 0 Å². The summed E-state index contributed by atoms with van der Waals surface area (Å²) in [6, 6.07) is 0. The van der Waals surface area contributed by atoms with Gasteiger partial charge >= 0.3 is 0 Å². The number of fused-ring (bicyclic) bond motifs is 5. The van der Waals surface area contributed by atoms with Gasteiger partial charge in [-0.15, -0.1) is 0 Å². The molecule has 5 aliphatic rings. The SMILES string of the molecule is CC12CCCC1C1CC=C3CC4(CCC3(C)C1CC2)OCCO4. The van der Waals surface area contributed by atoms with Gasteiger partial charge in [0.2, 0.25) is 0 Å². The van der Waals surface area contributed by atoms with Crippen LogP contribution < -0.4 is 0 Å². The minimum atomic E-state index is -0.255. The normalized spacial score (nSPS) is 51.0. The Hall–Kier alpha value is -0.340. The molecular formula is C21H32O2. The summed E-state index contributed by atoms with van der Waals surface area (Å²) in [5.74, 6) is 2.60. The van der Waals surface area contributed by atoms with E-state index < -0.39 is 0 Å². The van der Waals surface area contributed by atoms with Crippen LogP contribution in [-0.2, 0) is 9.47 Å². The maximum Gasteiger partial charge on any atom is 0.172 e. The van der Waals surface area contributed by atoms with Gasteiger partial charge < -0.3 is 9.47 Å². The van der Waals surface area contributed by atoms with Crippen LogP contribution in [0.25, 0.3) is 0 Å². The van der Waals surface area contributed by atoms with Crippen molar-refractivity contribution in [3.05, 3.63) is 11.6 Å². The average Bonchev–Trinajstić information content (AvgIpc) is 3.15. The highest BCUT2D eigenvalue weighted by Gasteiger charge is 2.58. The Morgan fingerprint density at radius 1 is 0.957 bits per heavy atom. The molecule has 128 valence electrons. The minimum Gasteiger partial charge on any atom is -0.347 e. The van der Waals surface area contributed by atoms with Crippen LogP contribution in [0.4, 0.5) is 0 Å². The molecule has 4 fully saturated rings. The van der Waals surface area contributed by atoms with E-state index in [1.807, 2.05) is 0 Å². The summed E-state index contributed by atoms with van der Waals surface area (Å²) in [5.41, 5.74) is 2.76. The standard InChI is InChI=1S/C21H32O2/c1-19-8-3-4-17(19)16-6-5-15-14-21(22-12-13-23-21)11-10-20(15,2)18(16)7-9-19/h5,16-18H,3-4,6-14H2,1-2H3. The fourth-order valence-electron chi connectivity index (χ4n) is 7.34. The molecule has 2 nitrogen and oxygen atoms in total. The van der Waals surface area contributed by atoms with Crippen molar-refractivity contribution >= 4 is 0 Å². The molecular weight excluding hydrogens is 284 g/mol. The third-order valence-electron chi connectivity index (χ3n) is 8.71. The van der Waals surface area contributed by atoms with E-state index in [4.69, 9.17) is 9.47 Å². The van der Waals surface area contributed by atoms with E-state index in [1.165, 1.54) is 44.9 Å². The smallest absolute Gasteiger partial charge is 0.172 e. The highest BCUT2D eigenvalue weighted by Crippen LogP contribution is 2.65. The molecule has 5 unspecified atom stereocenters. The zero-order chi connectivity index (χ0) is 15.7. The van der Waals surface area contributed by atoms with Gasteiger partial charge in [0, 0.05) is 12.8 Å². The molecule has 1 saturated heterocycles. The Balaban J connectivity index is 1.46. The lowest BCUT2D eigenvalue weighted by Crippen LogP contribution is -2.51. The predicted molar refractivity (Wildman–Crippen MR) is 91.0 cm³/mol. The number of hydrogen-bond donors (Lipinski definition) is 0. The van der Waals surface area contributed by atoms with Crippen molar-refractivity contribution in [1.29, 1.82) is 0 Å². The first-order chi connectivity index (χ1) is 11.0. The molecule has 5 atom stereocenters. The molecule has 0 amide bonds. The molecule has 23 heavy (non-hydrogen) atoms. The van der Waals surface area contributed by atoms with Gasteiger partial charge in [0.15, 0.2) is 5.79 Å². The molecule has 2 heteroatoms. The highest BCUT2D eigenvalue weighted by atomic mass is 16.7. The van der Waals surface area contributed by atoms with Gasteiger partial charge in [0.25, 0.3) is 0 Å². The van der Waals surface area contributed by atoms with Gasteiger partial charge in [0.05, 0.1) is 13.2 Å². The fraction of sp³-hybridized carbons (Fsp3) is 0.905. The average molecular weight is 316 g/mol. The molecule has 0 aromatic rings. The lowest BCUT2D eigenvalue weighted by Gasteiger charge is -2.58. The Morgan fingerprint density at radius 3 is 2.61 bits per heavy atom. The second-order valence-corrected chi connectivity index (χ2v) is 9.63. The van der Waals surface area contributed by atoms with Crippen molar-refractivity contribution in [3.8, 4) is 0 Å². The molecule has 0 aromatic carbocycles. The van der Waals surface area contributed by atoms with E-state index in [-0.39, 0.29) is 5.79 Å². The van der Waals surface area contributed by atoms with Crippen molar-refractivity contribution < 1.29 is 9.47 Å². The molecule has 0 aromatic heterocycles. The number of ether oxygens (including phenoxy) is 2. The van der Waals surface area contributed by atoms with E-state index in [1.54, 1.807) is 5.57 Å². The van der Waals surface area contributed by atoms with Crippen molar-refractivity contribution in [1.82, 2.24) is 0 Å². The van der Waals surface area contributed by atoms with Gasteiger partial charge in [-0.05, 0) is 67.1 Å². The third-order valence-corrected chi connectivity index (χ3v) is 8.71. The first-order valence-electron chi connectivity index (χ1n) is 10.0. The van der Waals surface area contributed by atoms with Crippen molar-refractivity contribution in [2.24, 2.45) is 28.6 Å². The van der Waals surface area contributed by atoms with Crippen LogP contribution in [0.3, 0.4) is 0 Å². The Labute approximate surface area is 141 Å². The largest absolute Gasteiger partial charge is 0.347 e. The molecule has 4 aliphatic carbocycles. The summed E-state index contributed by atoms with van der Waals surface area (Å²) >= 11 is 0. The van der Waals surface area contributed by atoms with E-state index in [0.29, 0.717) is 10.8 Å². The molecule has 1 spiro atoms. The second-order valence-electron chi connectivity index (χ2n) is 9.63. The van der Waals surface area contributed by atoms with Gasteiger partial charge in [-0.1, -0.05) is 31.9 Å². The van der Waals surface area contributed by atoms with E-state index >= 15 is 0 Å². The van der Waals surface area contributed by atoms with Crippen LogP contribution in [-0.4, -0.2) is 19.0 Å². The molecule has 0 N–H and O–H groups in total. The molecule has 1 heterocycles. The summed E-state index contributed by atoms with van der Waals surface area (Å²) < 4.78 is 12.1. The number of allylic oxidation sites excluding steroid dienone is 1. The minimum absolute atomic E-state index is 0.255.